The minimum absolute atomic E-state index is 0.000174. The van der Waals surface area contributed by atoms with E-state index in [1.807, 2.05) is 31.4 Å². The van der Waals surface area contributed by atoms with Gasteiger partial charge in [-0.15, -0.1) is 23.1 Å². The second-order valence-corrected chi connectivity index (χ2v) is 9.11. The third-order valence-corrected chi connectivity index (χ3v) is 6.57. The zero-order valence-corrected chi connectivity index (χ0v) is 16.2. The van der Waals surface area contributed by atoms with Gasteiger partial charge in [0.2, 0.25) is 5.91 Å². The minimum Gasteiger partial charge on any atom is -0.381 e. The van der Waals surface area contributed by atoms with Gasteiger partial charge in [-0.05, 0) is 50.5 Å². The molecule has 2 aromatic rings. The fraction of sp³-hybridized carbons (Fsp3) is 0.500. The van der Waals surface area contributed by atoms with Gasteiger partial charge in [-0.3, -0.25) is 9.78 Å². The van der Waals surface area contributed by atoms with E-state index in [0.29, 0.717) is 11.0 Å². The van der Waals surface area contributed by atoms with Crippen molar-refractivity contribution in [1.82, 2.24) is 9.97 Å². The Balaban J connectivity index is 1.56. The number of anilines is 1. The monoisotopic (exact) mass is 377 g/mol. The van der Waals surface area contributed by atoms with Gasteiger partial charge in [-0.1, -0.05) is 0 Å². The maximum Gasteiger partial charge on any atom is 0.241 e. The van der Waals surface area contributed by atoms with Crippen LogP contribution in [0.1, 0.15) is 26.7 Å². The average molecular weight is 378 g/mol. The second-order valence-electron chi connectivity index (χ2n) is 6.60. The topological polar surface area (TPSA) is 64.1 Å². The molecular weight excluding hydrogens is 354 g/mol. The number of rotatable bonds is 6. The molecule has 1 saturated heterocycles. The number of hydrogen-bond acceptors (Lipinski definition) is 6. The number of thiazole rings is 1. The predicted molar refractivity (Wildman–Crippen MR) is 104 cm³/mol. The molecule has 0 radical (unpaired) electrons. The van der Waals surface area contributed by atoms with Crippen LogP contribution in [0.5, 0.6) is 0 Å². The zero-order chi connectivity index (χ0) is 17.7. The van der Waals surface area contributed by atoms with E-state index >= 15 is 0 Å². The molecule has 0 saturated carbocycles. The van der Waals surface area contributed by atoms with Crippen LogP contribution in [0.3, 0.4) is 0 Å². The fourth-order valence-electron chi connectivity index (χ4n) is 2.54. The summed E-state index contributed by atoms with van der Waals surface area (Å²) in [6.45, 7) is 5.64. The number of nitrogens with one attached hydrogen (secondary N) is 1. The molecule has 7 heteroatoms. The summed E-state index contributed by atoms with van der Waals surface area (Å²) in [6.07, 6.45) is 5.66. The normalized spacial score (nSPS) is 15.9. The third-order valence-electron chi connectivity index (χ3n) is 4.27. The van der Waals surface area contributed by atoms with Gasteiger partial charge < -0.3 is 10.1 Å². The molecule has 3 heterocycles. The Bertz CT molecular complexity index is 697. The van der Waals surface area contributed by atoms with Crippen molar-refractivity contribution >= 4 is 34.1 Å². The Kier molecular flexibility index (Phi) is 6.09. The number of aromatic nitrogens is 2. The molecular formula is C18H23N3O2S2. The summed E-state index contributed by atoms with van der Waals surface area (Å²) in [5, 5.41) is 5.55. The lowest BCUT2D eigenvalue weighted by Crippen LogP contribution is -2.35. The summed E-state index contributed by atoms with van der Waals surface area (Å²) in [5.74, 6) is 1.63. The highest BCUT2D eigenvalue weighted by Crippen LogP contribution is 2.32. The minimum atomic E-state index is -0.485. The first-order valence-corrected chi connectivity index (χ1v) is 10.3. The van der Waals surface area contributed by atoms with E-state index in [1.54, 1.807) is 24.2 Å². The quantitative estimate of drug-likeness (QED) is 0.822. The molecule has 0 aromatic carbocycles. The van der Waals surface area contributed by atoms with Crippen LogP contribution in [0.4, 0.5) is 5.13 Å². The highest BCUT2D eigenvalue weighted by atomic mass is 32.2. The smallest absolute Gasteiger partial charge is 0.241 e. The molecule has 0 atom stereocenters. The second kappa shape index (κ2) is 8.29. The highest BCUT2D eigenvalue weighted by molar-refractivity contribution is 8.01. The van der Waals surface area contributed by atoms with Gasteiger partial charge >= 0.3 is 0 Å². The molecule has 0 bridgehead atoms. The molecule has 134 valence electrons. The highest BCUT2D eigenvalue weighted by Gasteiger charge is 2.30. The molecule has 0 aliphatic carbocycles. The number of ether oxygens (including phenoxy) is 1. The molecule has 1 aliphatic heterocycles. The van der Waals surface area contributed by atoms with Crippen LogP contribution in [0.25, 0.3) is 11.3 Å². The van der Waals surface area contributed by atoms with E-state index in [4.69, 9.17) is 4.74 Å². The molecule has 1 N–H and O–H groups in total. The van der Waals surface area contributed by atoms with Crippen LogP contribution in [0, 0.1) is 5.92 Å². The molecule has 25 heavy (non-hydrogen) atoms. The number of amides is 1. The van der Waals surface area contributed by atoms with E-state index in [9.17, 15) is 4.79 Å². The molecule has 1 fully saturated rings. The summed E-state index contributed by atoms with van der Waals surface area (Å²) in [6, 6.07) is 3.82. The van der Waals surface area contributed by atoms with Crippen LogP contribution in [0.2, 0.25) is 0 Å². The van der Waals surface area contributed by atoms with Crippen LogP contribution in [0.15, 0.2) is 29.9 Å². The number of hydrogen-bond donors (Lipinski definition) is 1. The maximum absolute atomic E-state index is 12.7. The molecule has 5 nitrogen and oxygen atoms in total. The SMILES string of the molecule is CC(C)(SCC1CCOCC1)C(=O)Nc1nc(-c2ccncc2)cs1. The Morgan fingerprint density at radius 3 is 2.80 bits per heavy atom. The number of pyridine rings is 1. The molecule has 3 rings (SSSR count). The van der Waals surface area contributed by atoms with Crippen LogP contribution in [-0.4, -0.2) is 39.6 Å². The Morgan fingerprint density at radius 1 is 1.36 bits per heavy atom. The lowest BCUT2D eigenvalue weighted by atomic mass is 10.0. The van der Waals surface area contributed by atoms with Crippen molar-refractivity contribution in [3.8, 4) is 11.3 Å². The molecule has 0 spiro atoms. The van der Waals surface area contributed by atoms with Crippen molar-refractivity contribution in [2.45, 2.75) is 31.4 Å². The zero-order valence-electron chi connectivity index (χ0n) is 14.5. The Hall–Kier alpha value is -1.44. The molecule has 0 unspecified atom stereocenters. The largest absolute Gasteiger partial charge is 0.381 e. The van der Waals surface area contributed by atoms with Gasteiger partial charge in [0.05, 0.1) is 10.4 Å². The van der Waals surface area contributed by atoms with Crippen LogP contribution in [-0.2, 0) is 9.53 Å². The summed E-state index contributed by atoms with van der Waals surface area (Å²) in [4.78, 5) is 21.2. The molecule has 1 amide bonds. The summed E-state index contributed by atoms with van der Waals surface area (Å²) in [5.41, 5.74) is 1.86. The lowest BCUT2D eigenvalue weighted by molar-refractivity contribution is -0.117. The molecule has 1 aliphatic rings. The van der Waals surface area contributed by atoms with Gasteiger partial charge in [0, 0.05) is 36.6 Å². The van der Waals surface area contributed by atoms with Crippen molar-refractivity contribution in [1.29, 1.82) is 0 Å². The van der Waals surface area contributed by atoms with E-state index < -0.39 is 4.75 Å². The van der Waals surface area contributed by atoms with Gasteiger partial charge in [0.15, 0.2) is 5.13 Å². The first kappa shape index (κ1) is 18.4. The van der Waals surface area contributed by atoms with Crippen molar-refractivity contribution in [3.63, 3.8) is 0 Å². The first-order chi connectivity index (χ1) is 12.0. The Labute approximate surface area is 156 Å². The number of nitrogens with zero attached hydrogens (tertiary/aromatic N) is 2. The van der Waals surface area contributed by atoms with E-state index in [0.717, 1.165) is 43.1 Å². The summed E-state index contributed by atoms with van der Waals surface area (Å²) >= 11 is 3.16. The van der Waals surface area contributed by atoms with Gasteiger partial charge in [0.25, 0.3) is 0 Å². The van der Waals surface area contributed by atoms with Gasteiger partial charge in [-0.2, -0.15) is 0 Å². The fourth-order valence-corrected chi connectivity index (χ4v) is 4.42. The summed E-state index contributed by atoms with van der Waals surface area (Å²) < 4.78 is 4.91. The third kappa shape index (κ3) is 5.03. The predicted octanol–water partition coefficient (Wildman–Crippen LogP) is 4.08. The number of carbonyl (C=O) groups is 1. The van der Waals surface area contributed by atoms with Crippen molar-refractivity contribution in [3.05, 3.63) is 29.9 Å². The summed E-state index contributed by atoms with van der Waals surface area (Å²) in [7, 11) is 0. The van der Waals surface area contributed by atoms with Crippen LogP contribution >= 0.6 is 23.1 Å². The van der Waals surface area contributed by atoms with E-state index in [1.165, 1.54) is 11.3 Å². The standard InChI is InChI=1S/C18H23N3O2S2/c1-18(2,25-11-13-5-9-23-10-6-13)16(22)21-17-20-15(12-24-17)14-3-7-19-8-4-14/h3-4,7-8,12-13H,5-6,9-11H2,1-2H3,(H,20,21,22). The average Bonchev–Trinajstić information content (AvgIpc) is 3.10. The number of thioether (sulfide) groups is 1. The van der Waals surface area contributed by atoms with Crippen molar-refractivity contribution < 1.29 is 9.53 Å². The molecule has 2 aromatic heterocycles. The van der Waals surface area contributed by atoms with Gasteiger partial charge in [-0.25, -0.2) is 4.98 Å². The van der Waals surface area contributed by atoms with E-state index in [-0.39, 0.29) is 5.91 Å². The van der Waals surface area contributed by atoms with Crippen molar-refractivity contribution in [2.75, 3.05) is 24.3 Å². The maximum atomic E-state index is 12.7. The Morgan fingerprint density at radius 2 is 2.08 bits per heavy atom. The van der Waals surface area contributed by atoms with E-state index in [2.05, 4.69) is 15.3 Å². The lowest BCUT2D eigenvalue weighted by Gasteiger charge is -2.27. The number of carbonyl (C=O) groups excluding carboxylic acids is 1. The first-order valence-electron chi connectivity index (χ1n) is 8.44. The van der Waals surface area contributed by atoms with Gasteiger partial charge in [0.1, 0.15) is 0 Å². The van der Waals surface area contributed by atoms with Crippen molar-refractivity contribution in [2.24, 2.45) is 5.92 Å². The van der Waals surface area contributed by atoms with Crippen LogP contribution < -0.4 is 5.32 Å².